The largest absolute Gasteiger partial charge is 0.479 e. The number of rotatable bonds is 37. The van der Waals surface area contributed by atoms with E-state index in [0.717, 1.165) is 6.08 Å². The highest BCUT2D eigenvalue weighted by Gasteiger charge is 2.40. The van der Waals surface area contributed by atoms with E-state index < -0.39 is 141 Å². The number of aliphatic hydroxyl groups excluding tert-OH is 3. The number of nitrogens with one attached hydrogen (secondary N) is 8. The van der Waals surface area contributed by atoms with Crippen molar-refractivity contribution in [3.05, 3.63) is 23.7 Å². The molecule has 0 saturated heterocycles. The summed E-state index contributed by atoms with van der Waals surface area (Å²) in [6.45, 7) is -0.365. The molecule has 2 aliphatic heterocycles. The zero-order chi connectivity index (χ0) is 55.5. The van der Waals surface area contributed by atoms with Gasteiger partial charge in [0, 0.05) is 59.1 Å². The van der Waals surface area contributed by atoms with Gasteiger partial charge in [0.25, 0.3) is 0 Å². The number of nitrogens with zero attached hydrogens (tertiary/aromatic N) is 1. The van der Waals surface area contributed by atoms with E-state index in [9.17, 15) is 63.9 Å². The third-order valence-electron chi connectivity index (χ3n) is 10.1. The van der Waals surface area contributed by atoms with E-state index >= 15 is 0 Å². The Morgan fingerprint density at radius 1 is 0.760 bits per heavy atom. The Morgan fingerprint density at radius 2 is 1.28 bits per heavy atom. The van der Waals surface area contributed by atoms with Crippen LogP contribution in [-0.4, -0.2) is 245 Å². The molecule has 0 aromatic carbocycles. The first-order valence-electron chi connectivity index (χ1n) is 23.5. The van der Waals surface area contributed by atoms with Crippen molar-refractivity contribution in [2.45, 2.75) is 68.8 Å². The summed E-state index contributed by atoms with van der Waals surface area (Å²) in [5.74, 6) is -4.51. The maximum atomic E-state index is 13.1. The zero-order valence-corrected chi connectivity index (χ0v) is 41.4. The number of hydrogen-bond donors (Lipinski definition) is 14. The number of carboxylic acids is 2. The third-order valence-corrected chi connectivity index (χ3v) is 10.1. The van der Waals surface area contributed by atoms with Crippen LogP contribution in [0.2, 0.25) is 0 Å². The number of amides is 6. The van der Waals surface area contributed by atoms with Crippen molar-refractivity contribution in [3.8, 4) is 12.3 Å². The maximum Gasteiger partial charge on any atom is 0.407 e. The minimum atomic E-state index is -1.74. The first kappa shape index (κ1) is 64.1. The van der Waals surface area contributed by atoms with Crippen molar-refractivity contribution in [2.24, 2.45) is 5.73 Å². The standard InChI is InChI=1S/C44H70N10O21/c1-3-13-68-15-17-70-19-20-71-18-16-69-14-11-49-37(61)25-54(23-35(59)47-7-9-50-43(66)74-31(6-12-55)38-29(52-27(2)57)4-5-32(73-38)40(62)63)24-36(60)48-8-10-51-44(67)75-39(30(58)26-56)33-21-28(53-42(45)46)22-34(72-33)41(64)65/h1,5,22,28-31,33,38-39,55-56,58H,4,6-21,23-26H2,2H3,(H,47,59)(H,48,60)(H,49,61)(H,50,66)(H,51,67)(H,52,57)(H,62,63)(H,64,65)(H4,45,46,53)/t28-,29-,30-,31-,33-,38-,39-/m1/s1. The second-order valence-corrected chi connectivity index (χ2v) is 16.1. The number of alkyl carbamates (subject to hydrolysis) is 2. The minimum absolute atomic E-state index is 0.0353. The van der Waals surface area contributed by atoms with Crippen molar-refractivity contribution in [1.82, 2.24) is 42.1 Å². The summed E-state index contributed by atoms with van der Waals surface area (Å²) in [6, 6.07) is -1.68. The fourth-order valence-electron chi connectivity index (χ4n) is 6.89. The first-order valence-corrected chi connectivity index (χ1v) is 23.5. The molecule has 75 heavy (non-hydrogen) atoms. The Hall–Kier alpha value is -7.05. The Morgan fingerprint density at radius 3 is 1.79 bits per heavy atom. The van der Waals surface area contributed by atoms with E-state index in [1.165, 1.54) is 17.9 Å². The van der Waals surface area contributed by atoms with Gasteiger partial charge in [-0.1, -0.05) is 5.92 Å². The summed E-state index contributed by atoms with van der Waals surface area (Å²) >= 11 is 0. The van der Waals surface area contributed by atoms with Gasteiger partial charge in [0.15, 0.2) is 18.2 Å². The molecule has 0 aliphatic carbocycles. The summed E-state index contributed by atoms with van der Waals surface area (Å²) in [7, 11) is 0. The molecule has 0 aromatic heterocycles. The van der Waals surface area contributed by atoms with E-state index in [0.29, 0.717) is 26.4 Å². The van der Waals surface area contributed by atoms with Gasteiger partial charge in [0.05, 0.1) is 84.6 Å². The molecule has 6 amide bonds. The highest BCUT2D eigenvalue weighted by molar-refractivity contribution is 5.86. The van der Waals surface area contributed by atoms with Gasteiger partial charge < -0.3 is 106 Å². The van der Waals surface area contributed by atoms with E-state index in [2.05, 4.69) is 43.1 Å². The van der Waals surface area contributed by atoms with Gasteiger partial charge in [0.1, 0.15) is 24.9 Å². The highest BCUT2D eigenvalue weighted by Crippen LogP contribution is 2.25. The molecule has 0 aromatic rings. The molecule has 2 heterocycles. The molecule has 31 nitrogen and oxygen atoms in total. The summed E-state index contributed by atoms with van der Waals surface area (Å²) in [6.07, 6.45) is -2.06. The van der Waals surface area contributed by atoms with Crippen LogP contribution < -0.4 is 43.0 Å². The van der Waals surface area contributed by atoms with Crippen molar-refractivity contribution < 1.29 is 102 Å². The summed E-state index contributed by atoms with van der Waals surface area (Å²) in [5, 5.41) is 73.6. The van der Waals surface area contributed by atoms with Crippen LogP contribution in [0.3, 0.4) is 0 Å². The van der Waals surface area contributed by atoms with Crippen LogP contribution >= 0.6 is 0 Å². The number of carbonyl (C=O) groups excluding carboxylic acids is 6. The molecular weight excluding hydrogens is 1000 g/mol. The number of guanidine groups is 1. The molecule has 0 fully saturated rings. The van der Waals surface area contributed by atoms with Crippen LogP contribution in [0.15, 0.2) is 23.7 Å². The van der Waals surface area contributed by atoms with Crippen molar-refractivity contribution in [2.75, 3.05) is 118 Å². The molecule has 15 N–H and O–H groups in total. The lowest BCUT2D eigenvalue weighted by Gasteiger charge is -2.35. The van der Waals surface area contributed by atoms with Crippen molar-refractivity contribution >= 4 is 53.7 Å². The molecule has 0 radical (unpaired) electrons. The second-order valence-electron chi connectivity index (χ2n) is 16.1. The zero-order valence-electron chi connectivity index (χ0n) is 41.4. The molecule has 0 unspecified atom stereocenters. The van der Waals surface area contributed by atoms with E-state index in [1.807, 2.05) is 0 Å². The van der Waals surface area contributed by atoms with Crippen LogP contribution in [0.4, 0.5) is 9.59 Å². The van der Waals surface area contributed by atoms with Gasteiger partial charge in [-0.15, -0.1) is 6.42 Å². The third kappa shape index (κ3) is 27.7. The molecule has 0 bridgehead atoms. The number of aliphatic hydroxyl groups is 3. The van der Waals surface area contributed by atoms with E-state index in [-0.39, 0.29) is 78.4 Å². The fourth-order valence-corrected chi connectivity index (χ4v) is 6.89. The quantitative estimate of drug-likeness (QED) is 0.0119. The van der Waals surface area contributed by atoms with Gasteiger partial charge in [-0.3, -0.25) is 29.5 Å². The maximum absolute atomic E-state index is 13.1. The Balaban J connectivity index is 1.95. The average Bonchev–Trinajstić information content (AvgIpc) is 3.35. The van der Waals surface area contributed by atoms with Crippen LogP contribution in [-0.2, 0) is 66.7 Å². The predicted molar refractivity (Wildman–Crippen MR) is 256 cm³/mol. The number of carboxylic acid groups (broad SMARTS) is 2. The normalized spacial score (nSPS) is 18.1. The van der Waals surface area contributed by atoms with Crippen LogP contribution in [0.25, 0.3) is 0 Å². The van der Waals surface area contributed by atoms with Crippen molar-refractivity contribution in [3.63, 3.8) is 0 Å². The number of terminal acetylenes is 1. The second kappa shape index (κ2) is 36.8. The molecule has 2 rings (SSSR count). The molecule has 0 saturated carbocycles. The van der Waals surface area contributed by atoms with Gasteiger partial charge in [-0.25, -0.2) is 19.2 Å². The van der Waals surface area contributed by atoms with Crippen LogP contribution in [0, 0.1) is 17.8 Å². The SMILES string of the molecule is C#CCOCCOCCOCCOCCNC(=O)CN(CC(=O)NCCNC(=O)O[C@H]([C@H](O)CO)[C@H]1C[C@@H](NC(=N)N)C=C(C(=O)O)O1)CC(=O)NCCNC(=O)O[C@H](CCO)[C@@H]1OC(C(=O)O)=CC[C@H]1NC(C)=O. The number of hydrogen-bond acceptors (Lipinski definition) is 21. The minimum Gasteiger partial charge on any atom is -0.479 e. The van der Waals surface area contributed by atoms with Crippen LogP contribution in [0.1, 0.15) is 26.2 Å². The lowest BCUT2D eigenvalue weighted by atomic mass is 9.97. The number of aliphatic carboxylic acids is 2. The van der Waals surface area contributed by atoms with Crippen molar-refractivity contribution in [1.29, 1.82) is 5.41 Å². The first-order chi connectivity index (χ1) is 35.9. The lowest BCUT2D eigenvalue weighted by molar-refractivity contribution is -0.144. The smallest absolute Gasteiger partial charge is 0.407 e. The summed E-state index contributed by atoms with van der Waals surface area (Å²) in [4.78, 5) is 101. The van der Waals surface area contributed by atoms with E-state index in [4.69, 9.17) is 55.5 Å². The fraction of sp³-hybridized carbons (Fsp3) is 0.659. The molecule has 31 heteroatoms. The molecular formula is C44H70N10O21. The number of nitrogens with two attached hydrogens (primary N) is 1. The van der Waals surface area contributed by atoms with Gasteiger partial charge in [-0.05, 0) is 18.6 Å². The summed E-state index contributed by atoms with van der Waals surface area (Å²) < 4.78 is 42.9. The predicted octanol–water partition coefficient (Wildman–Crippen LogP) is -5.87. The molecule has 2 aliphatic rings. The molecule has 422 valence electrons. The highest BCUT2D eigenvalue weighted by atomic mass is 16.6. The van der Waals surface area contributed by atoms with E-state index in [1.54, 1.807) is 0 Å². The Kier molecular flexibility index (Phi) is 31.4. The lowest BCUT2D eigenvalue weighted by Crippen LogP contribution is -2.53. The average molecular weight is 1080 g/mol. The Labute approximate surface area is 431 Å². The molecule has 7 atom stereocenters. The Bertz CT molecular complexity index is 1970. The molecule has 0 spiro atoms. The monoisotopic (exact) mass is 1070 g/mol. The number of carbonyl (C=O) groups is 8. The topological polar surface area (TPSA) is 449 Å². The number of ether oxygens (including phenoxy) is 8. The van der Waals surface area contributed by atoms with Gasteiger partial charge in [-0.2, -0.15) is 0 Å². The van der Waals surface area contributed by atoms with Gasteiger partial charge in [0.2, 0.25) is 35.1 Å². The van der Waals surface area contributed by atoms with Gasteiger partial charge >= 0.3 is 24.1 Å². The van der Waals surface area contributed by atoms with Crippen LogP contribution in [0.5, 0.6) is 0 Å². The summed E-state index contributed by atoms with van der Waals surface area (Å²) in [5.41, 5.74) is 5.38.